The number of nitrogens with two attached hydrogens (primary N) is 1. The number of hydrogen-bond acceptors (Lipinski definition) is 7. The number of nitrogens with zero attached hydrogens (tertiary/aromatic N) is 4. The molecule has 3 N–H and O–H groups in total. The van der Waals surface area contributed by atoms with Gasteiger partial charge in [-0.15, -0.1) is 0 Å². The predicted octanol–water partition coefficient (Wildman–Crippen LogP) is 3.36. The summed E-state index contributed by atoms with van der Waals surface area (Å²) in [6.45, 7) is 0.927. The standard InChI is InChI=1S/C19H17ClN6O2S2/c20-17-9-16(30(27,28)25-19-22-12-24-29-19)8-15-10-23-26(18(15)17)11-14-5-2-1-4-13(14)6-3-7-21/h1-6,8-10,12H,7,11,21H2,(H,22,24,25). The van der Waals surface area contributed by atoms with E-state index in [0.717, 1.165) is 22.7 Å². The lowest BCUT2D eigenvalue weighted by Gasteiger charge is -2.10. The van der Waals surface area contributed by atoms with Crippen molar-refractivity contribution >= 4 is 55.3 Å². The van der Waals surface area contributed by atoms with E-state index in [9.17, 15) is 8.42 Å². The molecule has 30 heavy (non-hydrogen) atoms. The molecule has 0 radical (unpaired) electrons. The Morgan fingerprint density at radius 1 is 1.27 bits per heavy atom. The van der Waals surface area contributed by atoms with Crippen LogP contribution in [0.2, 0.25) is 5.02 Å². The summed E-state index contributed by atoms with van der Waals surface area (Å²) in [7, 11) is -3.85. The number of sulfonamides is 1. The Bertz CT molecular complexity index is 1320. The summed E-state index contributed by atoms with van der Waals surface area (Å²) in [5.41, 5.74) is 8.29. The zero-order valence-electron chi connectivity index (χ0n) is 15.6. The Hall–Kier alpha value is -2.79. The third-order valence-electron chi connectivity index (χ3n) is 4.36. The van der Waals surface area contributed by atoms with Gasteiger partial charge in [0.15, 0.2) is 0 Å². The first-order valence-corrected chi connectivity index (χ1v) is 11.5. The molecule has 0 saturated carbocycles. The fraction of sp³-hybridized carbons (Fsp3) is 0.105. The molecule has 0 fully saturated rings. The van der Waals surface area contributed by atoms with Crippen molar-refractivity contribution in [2.45, 2.75) is 11.4 Å². The van der Waals surface area contributed by atoms with Gasteiger partial charge in [-0.25, -0.2) is 13.4 Å². The van der Waals surface area contributed by atoms with E-state index >= 15 is 0 Å². The Morgan fingerprint density at radius 2 is 2.10 bits per heavy atom. The lowest BCUT2D eigenvalue weighted by atomic mass is 10.1. The smallest absolute Gasteiger partial charge is 0.263 e. The van der Waals surface area contributed by atoms with Gasteiger partial charge in [0.25, 0.3) is 10.0 Å². The SMILES string of the molecule is NCC=Cc1ccccc1Cn1ncc2cc(S(=O)(=O)Nc3ncns3)cc(Cl)c21. The number of anilines is 1. The molecule has 4 rings (SSSR count). The Balaban J connectivity index is 1.69. The molecule has 2 aromatic carbocycles. The molecule has 2 aromatic heterocycles. The molecule has 0 atom stereocenters. The number of hydrogen-bond donors (Lipinski definition) is 2. The van der Waals surface area contributed by atoms with Gasteiger partial charge in [0.1, 0.15) is 6.33 Å². The van der Waals surface area contributed by atoms with Crippen LogP contribution in [0.15, 0.2) is 59.9 Å². The molecule has 4 aromatic rings. The van der Waals surface area contributed by atoms with Gasteiger partial charge in [-0.2, -0.15) is 9.47 Å². The number of nitrogens with one attached hydrogen (secondary N) is 1. The molecule has 0 saturated heterocycles. The zero-order valence-corrected chi connectivity index (χ0v) is 18.0. The van der Waals surface area contributed by atoms with Gasteiger partial charge in [-0.1, -0.05) is 48.0 Å². The topological polar surface area (TPSA) is 116 Å². The molecule has 0 aliphatic carbocycles. The van der Waals surface area contributed by atoms with E-state index in [4.69, 9.17) is 17.3 Å². The molecule has 0 bridgehead atoms. The second-order valence-corrected chi connectivity index (χ2v) is 9.20. The van der Waals surface area contributed by atoms with Gasteiger partial charge in [0.2, 0.25) is 5.13 Å². The second-order valence-electron chi connectivity index (χ2n) is 6.33. The van der Waals surface area contributed by atoms with Crippen LogP contribution in [0.4, 0.5) is 5.13 Å². The summed E-state index contributed by atoms with van der Waals surface area (Å²) < 4.78 is 33.3. The fourth-order valence-corrected chi connectivity index (χ4v) is 5.13. The lowest BCUT2D eigenvalue weighted by Crippen LogP contribution is -2.13. The first-order chi connectivity index (χ1) is 14.5. The van der Waals surface area contributed by atoms with E-state index < -0.39 is 10.0 Å². The van der Waals surface area contributed by atoms with Crippen molar-refractivity contribution in [2.24, 2.45) is 5.73 Å². The van der Waals surface area contributed by atoms with Crippen molar-refractivity contribution < 1.29 is 8.42 Å². The number of halogens is 1. The van der Waals surface area contributed by atoms with E-state index in [1.807, 2.05) is 36.4 Å². The maximum atomic E-state index is 12.7. The van der Waals surface area contributed by atoms with Crippen molar-refractivity contribution in [3.8, 4) is 0 Å². The van der Waals surface area contributed by atoms with Crippen LogP contribution < -0.4 is 10.5 Å². The van der Waals surface area contributed by atoms with Crippen molar-refractivity contribution in [2.75, 3.05) is 11.3 Å². The largest absolute Gasteiger partial charge is 0.327 e. The molecule has 0 spiro atoms. The van der Waals surface area contributed by atoms with Crippen molar-refractivity contribution in [1.29, 1.82) is 0 Å². The quantitative estimate of drug-likeness (QED) is 0.437. The molecule has 8 nitrogen and oxygen atoms in total. The monoisotopic (exact) mass is 460 g/mol. The minimum absolute atomic E-state index is 0.0287. The Kier molecular flexibility index (Phi) is 5.82. The van der Waals surface area contributed by atoms with Crippen molar-refractivity contribution in [3.05, 3.63) is 71.1 Å². The zero-order chi connectivity index (χ0) is 21.1. The highest BCUT2D eigenvalue weighted by atomic mass is 35.5. The number of aromatic nitrogens is 4. The number of benzene rings is 2. The molecular weight excluding hydrogens is 444 g/mol. The Morgan fingerprint density at radius 3 is 2.87 bits per heavy atom. The highest BCUT2D eigenvalue weighted by Gasteiger charge is 2.20. The van der Waals surface area contributed by atoms with Gasteiger partial charge >= 0.3 is 0 Å². The first-order valence-electron chi connectivity index (χ1n) is 8.87. The average Bonchev–Trinajstić information content (AvgIpc) is 3.37. The van der Waals surface area contributed by atoms with Crippen LogP contribution in [0, 0.1) is 0 Å². The van der Waals surface area contributed by atoms with Crippen LogP contribution in [0.25, 0.3) is 17.0 Å². The van der Waals surface area contributed by atoms with Crippen LogP contribution >= 0.6 is 23.1 Å². The summed E-state index contributed by atoms with van der Waals surface area (Å²) in [6, 6.07) is 10.9. The van der Waals surface area contributed by atoms with Gasteiger partial charge in [-0.3, -0.25) is 9.40 Å². The van der Waals surface area contributed by atoms with Crippen LogP contribution in [-0.2, 0) is 16.6 Å². The molecule has 2 heterocycles. The highest BCUT2D eigenvalue weighted by molar-refractivity contribution is 7.93. The summed E-state index contributed by atoms with van der Waals surface area (Å²) in [4.78, 5) is 3.88. The third kappa shape index (κ3) is 4.21. The normalized spacial score (nSPS) is 12.1. The van der Waals surface area contributed by atoms with Crippen molar-refractivity contribution in [3.63, 3.8) is 0 Å². The van der Waals surface area contributed by atoms with E-state index in [0.29, 0.717) is 24.0 Å². The van der Waals surface area contributed by atoms with Crippen LogP contribution in [-0.4, -0.2) is 34.1 Å². The van der Waals surface area contributed by atoms with Crippen LogP contribution in [0.5, 0.6) is 0 Å². The Labute approximate surface area is 182 Å². The van der Waals surface area contributed by atoms with Gasteiger partial charge in [-0.05, 0) is 23.3 Å². The molecular formula is C19H17ClN6O2S2. The van der Waals surface area contributed by atoms with E-state index in [2.05, 4.69) is 19.2 Å². The second kappa shape index (κ2) is 8.52. The molecule has 0 aliphatic heterocycles. The minimum Gasteiger partial charge on any atom is -0.327 e. The summed E-state index contributed by atoms with van der Waals surface area (Å²) in [5.74, 6) is 0. The van der Waals surface area contributed by atoms with E-state index in [1.165, 1.54) is 18.5 Å². The molecule has 0 aliphatic rings. The molecule has 0 amide bonds. The minimum atomic E-state index is -3.85. The fourth-order valence-electron chi connectivity index (χ4n) is 3.02. The van der Waals surface area contributed by atoms with E-state index in [1.54, 1.807) is 10.9 Å². The third-order valence-corrected chi connectivity index (χ3v) is 6.68. The van der Waals surface area contributed by atoms with E-state index in [-0.39, 0.29) is 15.0 Å². The van der Waals surface area contributed by atoms with Gasteiger partial charge in [0, 0.05) is 23.5 Å². The average molecular weight is 461 g/mol. The first kappa shape index (κ1) is 20.5. The summed E-state index contributed by atoms with van der Waals surface area (Å²) >= 11 is 7.43. The van der Waals surface area contributed by atoms with Gasteiger partial charge < -0.3 is 5.73 Å². The number of rotatable bonds is 7. The summed E-state index contributed by atoms with van der Waals surface area (Å²) in [5, 5.41) is 5.51. The highest BCUT2D eigenvalue weighted by Crippen LogP contribution is 2.29. The maximum Gasteiger partial charge on any atom is 0.263 e. The number of fused-ring (bicyclic) bond motifs is 1. The molecule has 11 heteroatoms. The van der Waals surface area contributed by atoms with Crippen molar-refractivity contribution in [1.82, 2.24) is 19.1 Å². The van der Waals surface area contributed by atoms with Crippen LogP contribution in [0.1, 0.15) is 11.1 Å². The van der Waals surface area contributed by atoms with Gasteiger partial charge in [0.05, 0.1) is 28.2 Å². The lowest BCUT2D eigenvalue weighted by molar-refractivity contribution is 0.601. The molecule has 0 unspecified atom stereocenters. The maximum absolute atomic E-state index is 12.7. The molecule has 154 valence electrons. The van der Waals surface area contributed by atoms with Crippen LogP contribution in [0.3, 0.4) is 0 Å². The predicted molar refractivity (Wildman–Crippen MR) is 119 cm³/mol. The summed E-state index contributed by atoms with van der Waals surface area (Å²) in [6.07, 6.45) is 6.73.